The van der Waals surface area contributed by atoms with Crippen molar-refractivity contribution in [3.8, 4) is 0 Å². The summed E-state index contributed by atoms with van der Waals surface area (Å²) in [5, 5.41) is 0. The fourth-order valence-corrected chi connectivity index (χ4v) is 1.76. The Morgan fingerprint density at radius 1 is 1.26 bits per heavy atom. The second-order valence-corrected chi connectivity index (χ2v) is 6.03. The smallest absolute Gasteiger partial charge is 0.338 e. The second-order valence-electron chi connectivity index (χ2n) is 4.38. The van der Waals surface area contributed by atoms with Crippen LogP contribution in [-0.2, 0) is 19.0 Å². The molecule has 1 aromatic carbocycles. The van der Waals surface area contributed by atoms with Crippen molar-refractivity contribution in [1.82, 2.24) is 0 Å². The maximum Gasteiger partial charge on any atom is 0.338 e. The fraction of sp³-hybridized carbons (Fsp3) is 0.462. The predicted octanol–water partition coefficient (Wildman–Crippen LogP) is 1.85. The summed E-state index contributed by atoms with van der Waals surface area (Å²) in [6.45, 7) is 2.20. The molecule has 0 aliphatic carbocycles. The highest BCUT2D eigenvalue weighted by Gasteiger charge is 2.10. The summed E-state index contributed by atoms with van der Waals surface area (Å²) >= 11 is 0. The second kappa shape index (κ2) is 7.25. The van der Waals surface area contributed by atoms with Crippen LogP contribution in [0.5, 0.6) is 0 Å². The van der Waals surface area contributed by atoms with Gasteiger partial charge in [-0.1, -0.05) is 25.1 Å². The van der Waals surface area contributed by atoms with Crippen LogP contribution in [0.25, 0.3) is 0 Å². The number of rotatable bonds is 7. The van der Waals surface area contributed by atoms with Gasteiger partial charge in [-0.25, -0.2) is 4.79 Å². The highest BCUT2D eigenvalue weighted by molar-refractivity contribution is 7.85. The van der Waals surface area contributed by atoms with E-state index in [1.165, 1.54) is 0 Å². The van der Waals surface area contributed by atoms with E-state index in [2.05, 4.69) is 4.18 Å². The maximum absolute atomic E-state index is 11.6. The summed E-state index contributed by atoms with van der Waals surface area (Å²) in [6, 6.07) is 8.71. The molecule has 19 heavy (non-hydrogen) atoms. The molecule has 1 rings (SSSR count). The van der Waals surface area contributed by atoms with Gasteiger partial charge in [0.05, 0.1) is 25.0 Å². The number of hydrogen-bond acceptors (Lipinski definition) is 5. The molecule has 0 saturated carbocycles. The third kappa shape index (κ3) is 6.93. The number of carbonyl (C=O) groups is 1. The van der Waals surface area contributed by atoms with E-state index < -0.39 is 10.1 Å². The molecule has 0 spiro atoms. The molecular formula is C13H18O5S. The average Bonchev–Trinajstić information content (AvgIpc) is 2.35. The monoisotopic (exact) mass is 286 g/mol. The third-order valence-electron chi connectivity index (χ3n) is 2.42. The van der Waals surface area contributed by atoms with E-state index in [9.17, 15) is 13.2 Å². The number of hydrogen-bond donors (Lipinski definition) is 0. The topological polar surface area (TPSA) is 69.7 Å². The van der Waals surface area contributed by atoms with E-state index in [1.54, 1.807) is 24.3 Å². The minimum absolute atomic E-state index is 0.0365. The van der Waals surface area contributed by atoms with Crippen molar-refractivity contribution in [3.63, 3.8) is 0 Å². The summed E-state index contributed by atoms with van der Waals surface area (Å²) in [6.07, 6.45) is 1.52. The van der Waals surface area contributed by atoms with Gasteiger partial charge >= 0.3 is 5.97 Å². The van der Waals surface area contributed by atoms with Gasteiger partial charge in [-0.3, -0.25) is 4.18 Å². The van der Waals surface area contributed by atoms with Crippen molar-refractivity contribution >= 4 is 16.1 Å². The van der Waals surface area contributed by atoms with E-state index in [4.69, 9.17) is 4.74 Å². The molecule has 0 saturated heterocycles. The molecule has 0 aromatic heterocycles. The van der Waals surface area contributed by atoms with Gasteiger partial charge in [0.1, 0.15) is 0 Å². The summed E-state index contributed by atoms with van der Waals surface area (Å²) in [4.78, 5) is 11.6. The summed E-state index contributed by atoms with van der Waals surface area (Å²) < 4.78 is 31.3. The van der Waals surface area contributed by atoms with Crippen molar-refractivity contribution in [2.75, 3.05) is 19.5 Å². The average molecular weight is 286 g/mol. The Hall–Kier alpha value is -1.40. The first kappa shape index (κ1) is 15.7. The first-order chi connectivity index (χ1) is 8.88. The standard InChI is InChI=1S/C13H18O5S/c1-11(8-9-18-19(2,15)16)10-17-13(14)12-6-4-3-5-7-12/h3-7,11H,8-10H2,1-2H3/t11-/m1/s1. The van der Waals surface area contributed by atoms with Gasteiger partial charge < -0.3 is 4.74 Å². The van der Waals surface area contributed by atoms with E-state index >= 15 is 0 Å². The molecule has 0 fully saturated rings. The Labute approximate surface area is 113 Å². The number of esters is 1. The fourth-order valence-electron chi connectivity index (χ4n) is 1.36. The number of benzene rings is 1. The molecular weight excluding hydrogens is 268 g/mol. The lowest BCUT2D eigenvalue weighted by Crippen LogP contribution is -2.14. The minimum Gasteiger partial charge on any atom is -0.462 e. The molecule has 1 aromatic rings. The van der Waals surface area contributed by atoms with Gasteiger partial charge in [-0.05, 0) is 24.5 Å². The quantitative estimate of drug-likeness (QED) is 0.565. The maximum atomic E-state index is 11.6. The lowest BCUT2D eigenvalue weighted by atomic mass is 10.1. The molecule has 106 valence electrons. The van der Waals surface area contributed by atoms with Crippen LogP contribution in [0.3, 0.4) is 0 Å². The molecule has 0 aliphatic rings. The highest BCUT2D eigenvalue weighted by atomic mass is 32.2. The first-order valence-corrected chi connectivity index (χ1v) is 7.76. The van der Waals surface area contributed by atoms with Crippen LogP contribution in [0.2, 0.25) is 0 Å². The van der Waals surface area contributed by atoms with Gasteiger partial charge in [0.25, 0.3) is 10.1 Å². The van der Waals surface area contributed by atoms with Crippen molar-refractivity contribution < 1.29 is 22.1 Å². The van der Waals surface area contributed by atoms with Crippen molar-refractivity contribution in [2.24, 2.45) is 5.92 Å². The summed E-state index contributed by atoms with van der Waals surface area (Å²) in [7, 11) is -3.40. The molecule has 0 unspecified atom stereocenters. The van der Waals surface area contributed by atoms with E-state index in [0.717, 1.165) is 6.26 Å². The van der Waals surface area contributed by atoms with Crippen LogP contribution >= 0.6 is 0 Å². The summed E-state index contributed by atoms with van der Waals surface area (Å²) in [5.41, 5.74) is 0.502. The lowest BCUT2D eigenvalue weighted by molar-refractivity contribution is 0.0435. The molecule has 0 bridgehead atoms. The van der Waals surface area contributed by atoms with Crippen LogP contribution < -0.4 is 0 Å². The predicted molar refractivity (Wildman–Crippen MR) is 71.3 cm³/mol. The number of carbonyl (C=O) groups excluding carboxylic acids is 1. The normalized spacial score (nSPS) is 12.9. The van der Waals surface area contributed by atoms with Crippen molar-refractivity contribution in [3.05, 3.63) is 35.9 Å². The van der Waals surface area contributed by atoms with Crippen molar-refractivity contribution in [2.45, 2.75) is 13.3 Å². The van der Waals surface area contributed by atoms with E-state index in [-0.39, 0.29) is 25.1 Å². The lowest BCUT2D eigenvalue weighted by Gasteiger charge is -2.11. The Bertz CT molecular complexity index is 495. The molecule has 1 atom stereocenters. The Balaban J connectivity index is 2.27. The van der Waals surface area contributed by atoms with Crippen LogP contribution in [0.1, 0.15) is 23.7 Å². The molecule has 0 heterocycles. The third-order valence-corrected chi connectivity index (χ3v) is 3.01. The minimum atomic E-state index is -3.40. The van der Waals surface area contributed by atoms with E-state index in [0.29, 0.717) is 12.0 Å². The Morgan fingerprint density at radius 3 is 2.47 bits per heavy atom. The molecule has 0 radical (unpaired) electrons. The molecule has 0 N–H and O–H groups in total. The van der Waals surface area contributed by atoms with Crippen LogP contribution in [-0.4, -0.2) is 33.9 Å². The van der Waals surface area contributed by atoms with Gasteiger partial charge in [-0.15, -0.1) is 0 Å². The summed E-state index contributed by atoms with van der Waals surface area (Å²) in [5.74, 6) is -0.342. The molecule has 0 aliphatic heterocycles. The van der Waals surface area contributed by atoms with Crippen molar-refractivity contribution in [1.29, 1.82) is 0 Å². The largest absolute Gasteiger partial charge is 0.462 e. The zero-order valence-electron chi connectivity index (χ0n) is 11.0. The zero-order valence-corrected chi connectivity index (χ0v) is 11.9. The van der Waals surface area contributed by atoms with Crippen LogP contribution in [0, 0.1) is 5.92 Å². The number of ether oxygens (including phenoxy) is 1. The Kier molecular flexibility index (Phi) is 5.98. The van der Waals surface area contributed by atoms with Gasteiger partial charge in [0, 0.05) is 0 Å². The molecule has 0 amide bonds. The van der Waals surface area contributed by atoms with Gasteiger partial charge in [0.15, 0.2) is 0 Å². The van der Waals surface area contributed by atoms with Gasteiger partial charge in [-0.2, -0.15) is 8.42 Å². The van der Waals surface area contributed by atoms with Crippen LogP contribution in [0.15, 0.2) is 30.3 Å². The van der Waals surface area contributed by atoms with E-state index in [1.807, 2.05) is 13.0 Å². The molecule has 5 nitrogen and oxygen atoms in total. The highest BCUT2D eigenvalue weighted by Crippen LogP contribution is 2.07. The van der Waals surface area contributed by atoms with Crippen LogP contribution in [0.4, 0.5) is 0 Å². The SMILES string of the molecule is C[C@H](CCOS(C)(=O)=O)COC(=O)c1ccccc1. The Morgan fingerprint density at radius 2 is 1.89 bits per heavy atom. The van der Waals surface area contributed by atoms with Gasteiger partial charge in [0.2, 0.25) is 0 Å². The molecule has 6 heteroatoms. The first-order valence-electron chi connectivity index (χ1n) is 5.95. The zero-order chi connectivity index (χ0) is 14.3.